The highest BCUT2D eigenvalue weighted by molar-refractivity contribution is 5.86. The molecule has 0 saturated carbocycles. The lowest BCUT2D eigenvalue weighted by Gasteiger charge is -2.61. The highest BCUT2D eigenvalue weighted by Crippen LogP contribution is 2.65. The third kappa shape index (κ3) is 4.51. The van der Waals surface area contributed by atoms with Gasteiger partial charge in [-0.05, 0) is 44.1 Å². The van der Waals surface area contributed by atoms with E-state index < -0.39 is 59.6 Å². The Bertz CT molecular complexity index is 1550. The van der Waals surface area contributed by atoms with Crippen molar-refractivity contribution < 1.29 is 53.1 Å². The fourth-order valence-corrected chi connectivity index (χ4v) is 7.36. The molecule has 1 saturated heterocycles. The van der Waals surface area contributed by atoms with E-state index >= 15 is 0 Å². The van der Waals surface area contributed by atoms with Crippen molar-refractivity contribution in [1.82, 2.24) is 4.90 Å². The van der Waals surface area contributed by atoms with Gasteiger partial charge in [-0.3, -0.25) is 9.59 Å². The average molecular weight is 608 g/mol. The zero-order valence-electron chi connectivity index (χ0n) is 24.5. The van der Waals surface area contributed by atoms with E-state index in [1.807, 2.05) is 19.2 Å². The summed E-state index contributed by atoms with van der Waals surface area (Å²) in [6.45, 7) is 1.73. The van der Waals surface area contributed by atoms with E-state index in [-0.39, 0.29) is 23.8 Å². The molecule has 2 aromatic carbocycles. The summed E-state index contributed by atoms with van der Waals surface area (Å²) in [4.78, 5) is 52.2. The van der Waals surface area contributed by atoms with Gasteiger partial charge >= 0.3 is 23.9 Å². The van der Waals surface area contributed by atoms with Crippen LogP contribution in [-0.4, -0.2) is 83.5 Å². The third-order valence-electron chi connectivity index (χ3n) is 9.28. The SMILES string of the molecule is COc1ccc2c3c1OC1C(OC(=O)[C@H](CC(=O)O[C@H](C(=O)O)c4ccccc4)OC(C)=O)=CC[C@@]4(O)[C@@H](C2)N(C)CCC314. The zero-order chi connectivity index (χ0) is 31.4. The molecule has 2 N–H and O–H groups in total. The summed E-state index contributed by atoms with van der Waals surface area (Å²) < 4.78 is 28.2. The maximum Gasteiger partial charge on any atom is 0.353 e. The number of esters is 3. The molecule has 232 valence electrons. The van der Waals surface area contributed by atoms with Gasteiger partial charge in [-0.1, -0.05) is 36.4 Å². The Labute approximate surface area is 253 Å². The molecule has 2 heterocycles. The van der Waals surface area contributed by atoms with E-state index in [0.717, 1.165) is 18.1 Å². The first-order valence-electron chi connectivity index (χ1n) is 14.4. The first kappa shape index (κ1) is 29.6. The van der Waals surface area contributed by atoms with Crippen LogP contribution < -0.4 is 9.47 Å². The lowest BCUT2D eigenvalue weighted by atomic mass is 9.50. The summed E-state index contributed by atoms with van der Waals surface area (Å²) in [5.74, 6) is -3.32. The number of ether oxygens (including phenoxy) is 5. The summed E-state index contributed by atoms with van der Waals surface area (Å²) in [6, 6.07) is 11.4. The van der Waals surface area contributed by atoms with Gasteiger partial charge in [0, 0.05) is 30.5 Å². The molecule has 2 aliphatic heterocycles. The highest BCUT2D eigenvalue weighted by atomic mass is 16.6. The van der Waals surface area contributed by atoms with Gasteiger partial charge in [0.25, 0.3) is 0 Å². The molecule has 2 unspecified atom stereocenters. The number of carboxylic acid groups (broad SMARTS) is 1. The van der Waals surface area contributed by atoms with Gasteiger partial charge in [0.15, 0.2) is 17.6 Å². The number of carbonyl (C=O) groups excluding carboxylic acids is 3. The van der Waals surface area contributed by atoms with Gasteiger partial charge in [-0.2, -0.15) is 0 Å². The Morgan fingerprint density at radius 2 is 1.86 bits per heavy atom. The number of carbonyl (C=O) groups is 4. The molecule has 1 fully saturated rings. The van der Waals surface area contributed by atoms with Crippen molar-refractivity contribution in [3.8, 4) is 11.5 Å². The number of methoxy groups -OCH3 is 1. The molecule has 12 nitrogen and oxygen atoms in total. The lowest BCUT2D eigenvalue weighted by molar-refractivity contribution is -0.179. The van der Waals surface area contributed by atoms with Gasteiger partial charge in [0.2, 0.25) is 12.2 Å². The molecule has 2 aliphatic carbocycles. The van der Waals surface area contributed by atoms with Crippen molar-refractivity contribution in [3.05, 3.63) is 71.0 Å². The van der Waals surface area contributed by atoms with Crippen LogP contribution in [0.1, 0.15) is 49.0 Å². The first-order chi connectivity index (χ1) is 21.0. The highest BCUT2D eigenvalue weighted by Gasteiger charge is 2.72. The van der Waals surface area contributed by atoms with Crippen LogP contribution in [0.2, 0.25) is 0 Å². The van der Waals surface area contributed by atoms with Crippen molar-refractivity contribution in [2.24, 2.45) is 0 Å². The van der Waals surface area contributed by atoms with Crippen LogP contribution in [0.5, 0.6) is 11.5 Å². The minimum atomic E-state index is -1.73. The van der Waals surface area contributed by atoms with Crippen molar-refractivity contribution in [1.29, 1.82) is 0 Å². The topological polar surface area (TPSA) is 158 Å². The van der Waals surface area contributed by atoms with Crippen LogP contribution in [0.3, 0.4) is 0 Å². The molecular formula is C32H33NO11. The standard InChI is InChI=1S/C32H33NO11/c1-17(34)41-22(16-24(35)43-26(29(36)37)18-7-5-4-6-8-18)30(38)42-21-11-12-32(39)23-15-19-9-10-20(40-3)27-25(19)31(32,28(21)44-27)13-14-33(23)2/h4-11,22-23,26,28,39H,12-16H2,1-3H3,(H,36,37)/t22-,23+,26-,28?,31?,32+/m0/s1. The minimum Gasteiger partial charge on any atom is -0.493 e. The molecule has 6 rings (SSSR count). The fourth-order valence-electron chi connectivity index (χ4n) is 7.36. The molecule has 0 amide bonds. The number of carboxylic acids is 1. The van der Waals surface area contributed by atoms with Crippen molar-refractivity contribution in [3.63, 3.8) is 0 Å². The summed E-state index contributed by atoms with van der Waals surface area (Å²) in [5, 5.41) is 22.0. The van der Waals surface area contributed by atoms with Crippen LogP contribution in [-0.2, 0) is 45.2 Å². The molecule has 12 heteroatoms. The number of nitrogens with zero attached hydrogens (tertiary/aromatic N) is 1. The molecule has 2 aromatic rings. The van der Waals surface area contributed by atoms with Crippen molar-refractivity contribution >= 4 is 23.9 Å². The molecule has 0 radical (unpaired) electrons. The Balaban J connectivity index is 1.28. The predicted octanol–water partition coefficient (Wildman–Crippen LogP) is 2.21. The molecule has 44 heavy (non-hydrogen) atoms. The van der Waals surface area contributed by atoms with E-state index in [1.54, 1.807) is 24.3 Å². The summed E-state index contributed by atoms with van der Waals surface area (Å²) in [7, 11) is 3.50. The summed E-state index contributed by atoms with van der Waals surface area (Å²) in [5.41, 5.74) is -0.0874. The van der Waals surface area contributed by atoms with Gasteiger partial charge in [0.05, 0.1) is 24.5 Å². The Morgan fingerprint density at radius 1 is 1.11 bits per heavy atom. The number of aliphatic carboxylic acids is 1. The van der Waals surface area contributed by atoms with Crippen LogP contribution >= 0.6 is 0 Å². The van der Waals surface area contributed by atoms with Crippen LogP contribution in [0.4, 0.5) is 0 Å². The van der Waals surface area contributed by atoms with Crippen molar-refractivity contribution in [2.45, 2.75) is 68.0 Å². The second-order valence-corrected chi connectivity index (χ2v) is 11.6. The number of piperidine rings is 1. The number of hydrogen-bond acceptors (Lipinski definition) is 11. The first-order valence-corrected chi connectivity index (χ1v) is 14.4. The molecule has 0 aromatic heterocycles. The van der Waals surface area contributed by atoms with Gasteiger partial charge in [-0.15, -0.1) is 0 Å². The average Bonchev–Trinajstić information content (AvgIpc) is 3.35. The third-order valence-corrected chi connectivity index (χ3v) is 9.28. The van der Waals surface area contributed by atoms with E-state index in [2.05, 4.69) is 4.90 Å². The summed E-state index contributed by atoms with van der Waals surface area (Å²) >= 11 is 0. The zero-order valence-corrected chi connectivity index (χ0v) is 24.5. The smallest absolute Gasteiger partial charge is 0.353 e. The number of aliphatic hydroxyl groups is 1. The minimum absolute atomic E-state index is 0.118. The fraction of sp³-hybridized carbons (Fsp3) is 0.438. The van der Waals surface area contributed by atoms with Gasteiger partial charge in [0.1, 0.15) is 5.76 Å². The Kier molecular flexibility index (Phi) is 7.37. The van der Waals surface area contributed by atoms with Gasteiger partial charge in [-0.25, -0.2) is 9.59 Å². The number of hydrogen-bond donors (Lipinski definition) is 2. The normalized spacial score (nSPS) is 27.5. The quantitative estimate of drug-likeness (QED) is 0.317. The van der Waals surface area contributed by atoms with E-state index in [9.17, 15) is 29.4 Å². The molecule has 6 atom stereocenters. The molecule has 2 bridgehead atoms. The molecule has 1 spiro atoms. The van der Waals surface area contributed by atoms with E-state index in [1.165, 1.54) is 19.2 Å². The second-order valence-electron chi connectivity index (χ2n) is 11.6. The van der Waals surface area contributed by atoms with Crippen molar-refractivity contribution in [2.75, 3.05) is 20.7 Å². The molecule has 4 aliphatic rings. The number of benzene rings is 2. The molecular weight excluding hydrogens is 574 g/mol. The summed E-state index contributed by atoms with van der Waals surface area (Å²) in [6.07, 6.45) is -2.15. The number of likely N-dealkylation sites (N-methyl/N-ethyl adjacent to an activating group) is 1. The maximum atomic E-state index is 13.5. The second kappa shape index (κ2) is 10.9. The van der Waals surface area contributed by atoms with E-state index in [4.69, 9.17) is 23.7 Å². The van der Waals surface area contributed by atoms with Crippen LogP contribution in [0.25, 0.3) is 0 Å². The lowest BCUT2D eigenvalue weighted by Crippen LogP contribution is -2.74. The Morgan fingerprint density at radius 3 is 2.55 bits per heavy atom. The largest absolute Gasteiger partial charge is 0.493 e. The predicted molar refractivity (Wildman–Crippen MR) is 151 cm³/mol. The van der Waals surface area contributed by atoms with E-state index in [0.29, 0.717) is 30.9 Å². The number of rotatable bonds is 9. The Hall–Kier alpha value is -4.42. The van der Waals surface area contributed by atoms with Gasteiger partial charge < -0.3 is 38.8 Å². The number of likely N-dealkylation sites (tertiary alicyclic amines) is 1. The monoisotopic (exact) mass is 607 g/mol. The van der Waals surface area contributed by atoms with Crippen LogP contribution in [0, 0.1) is 0 Å². The maximum absolute atomic E-state index is 13.5. The van der Waals surface area contributed by atoms with Crippen LogP contribution in [0.15, 0.2) is 54.3 Å².